The number of carbonyl (C=O) groups excluding carboxylic acids is 1. The minimum Gasteiger partial charge on any atom is -0.493 e. The first kappa shape index (κ1) is 23.5. The van der Waals surface area contributed by atoms with Gasteiger partial charge in [0.1, 0.15) is 12.4 Å². The van der Waals surface area contributed by atoms with Gasteiger partial charge in [0.05, 0.1) is 24.8 Å². The number of sulfonamides is 1. The lowest BCUT2D eigenvalue weighted by Gasteiger charge is -2.24. The molecule has 164 valence electrons. The van der Waals surface area contributed by atoms with E-state index in [1.165, 1.54) is 44.6 Å². The van der Waals surface area contributed by atoms with E-state index in [2.05, 4.69) is 5.32 Å². The number of unbranched alkanes of at least 4 members (excludes halogenated alkanes) is 2. The number of nitrogens with one attached hydrogen (secondary N) is 1. The van der Waals surface area contributed by atoms with Gasteiger partial charge in [-0.05, 0) is 42.8 Å². The van der Waals surface area contributed by atoms with Crippen molar-refractivity contribution in [2.24, 2.45) is 0 Å². The number of amides is 1. The van der Waals surface area contributed by atoms with Crippen molar-refractivity contribution < 1.29 is 27.1 Å². The number of benzene rings is 2. The van der Waals surface area contributed by atoms with Crippen molar-refractivity contribution in [2.45, 2.75) is 31.1 Å². The molecule has 0 aliphatic heterocycles. The van der Waals surface area contributed by atoms with Crippen molar-refractivity contribution in [1.29, 1.82) is 0 Å². The van der Waals surface area contributed by atoms with E-state index < -0.39 is 28.3 Å². The second kappa shape index (κ2) is 10.8. The number of hydrogen-bond donors (Lipinski definition) is 1. The SMILES string of the molecule is CCCCCNC(=O)CN(c1ccc(F)cc1)S(=O)(=O)c1ccc(OC)c(OC)c1. The minimum atomic E-state index is -4.14. The van der Waals surface area contributed by atoms with Crippen LogP contribution in [0, 0.1) is 5.82 Å². The summed E-state index contributed by atoms with van der Waals surface area (Å²) < 4.78 is 51.4. The number of rotatable bonds is 11. The van der Waals surface area contributed by atoms with Gasteiger partial charge >= 0.3 is 0 Å². The zero-order chi connectivity index (χ0) is 22.1. The summed E-state index contributed by atoms with van der Waals surface area (Å²) in [6.07, 6.45) is 2.78. The third kappa shape index (κ3) is 5.85. The van der Waals surface area contributed by atoms with Crippen molar-refractivity contribution in [3.63, 3.8) is 0 Å². The van der Waals surface area contributed by atoms with E-state index in [4.69, 9.17) is 9.47 Å². The first-order valence-corrected chi connectivity index (χ1v) is 11.0. The van der Waals surface area contributed by atoms with Crippen molar-refractivity contribution in [1.82, 2.24) is 5.32 Å². The van der Waals surface area contributed by atoms with Gasteiger partial charge in [-0.2, -0.15) is 0 Å². The number of carbonyl (C=O) groups is 1. The van der Waals surface area contributed by atoms with Gasteiger partial charge in [0.25, 0.3) is 10.0 Å². The molecular formula is C21H27FN2O5S. The summed E-state index contributed by atoms with van der Waals surface area (Å²) in [6, 6.07) is 9.09. The summed E-state index contributed by atoms with van der Waals surface area (Å²) in [5, 5.41) is 2.73. The monoisotopic (exact) mass is 438 g/mol. The summed E-state index contributed by atoms with van der Waals surface area (Å²) in [4.78, 5) is 12.3. The number of ether oxygens (including phenoxy) is 2. The van der Waals surface area contributed by atoms with Crippen LogP contribution < -0.4 is 19.1 Å². The molecule has 0 spiro atoms. The van der Waals surface area contributed by atoms with Gasteiger partial charge in [0.2, 0.25) is 5.91 Å². The van der Waals surface area contributed by atoms with E-state index in [0.29, 0.717) is 12.3 Å². The smallest absolute Gasteiger partial charge is 0.264 e. The van der Waals surface area contributed by atoms with Gasteiger partial charge in [-0.25, -0.2) is 12.8 Å². The lowest BCUT2D eigenvalue weighted by atomic mass is 10.2. The summed E-state index contributed by atoms with van der Waals surface area (Å²) in [5.41, 5.74) is 0.176. The molecule has 0 aliphatic carbocycles. The standard InChI is InChI=1S/C21H27FN2O5S/c1-4-5-6-13-23-21(25)15-24(17-9-7-16(22)8-10-17)30(26,27)18-11-12-19(28-2)20(14-18)29-3/h7-12,14H,4-6,13,15H2,1-3H3,(H,23,25). The lowest BCUT2D eigenvalue weighted by molar-refractivity contribution is -0.119. The number of nitrogens with zero attached hydrogens (tertiary/aromatic N) is 1. The summed E-state index contributed by atoms with van der Waals surface area (Å²) in [6.45, 7) is 2.07. The molecule has 2 aromatic rings. The molecule has 0 radical (unpaired) electrons. The van der Waals surface area contributed by atoms with Crippen molar-refractivity contribution in [2.75, 3.05) is 31.6 Å². The Balaban J connectivity index is 2.37. The lowest BCUT2D eigenvalue weighted by Crippen LogP contribution is -2.41. The highest BCUT2D eigenvalue weighted by Gasteiger charge is 2.28. The van der Waals surface area contributed by atoms with E-state index in [0.717, 1.165) is 35.7 Å². The first-order valence-electron chi connectivity index (χ1n) is 9.60. The molecule has 0 aliphatic rings. The molecule has 0 atom stereocenters. The molecule has 0 unspecified atom stereocenters. The largest absolute Gasteiger partial charge is 0.493 e. The summed E-state index contributed by atoms with van der Waals surface area (Å²) >= 11 is 0. The van der Waals surface area contributed by atoms with Crippen LogP contribution in [-0.4, -0.2) is 41.6 Å². The molecule has 7 nitrogen and oxygen atoms in total. The molecule has 0 heterocycles. The van der Waals surface area contributed by atoms with E-state index >= 15 is 0 Å². The zero-order valence-electron chi connectivity index (χ0n) is 17.4. The molecule has 9 heteroatoms. The van der Waals surface area contributed by atoms with Crippen LogP contribution in [0.5, 0.6) is 11.5 Å². The fraction of sp³-hybridized carbons (Fsp3) is 0.381. The van der Waals surface area contributed by atoms with E-state index in [-0.39, 0.29) is 16.3 Å². The predicted octanol–water partition coefficient (Wildman–Crippen LogP) is 3.34. The van der Waals surface area contributed by atoms with E-state index in [1.807, 2.05) is 6.92 Å². The second-order valence-corrected chi connectivity index (χ2v) is 8.42. The third-order valence-corrected chi connectivity index (χ3v) is 6.22. The summed E-state index contributed by atoms with van der Waals surface area (Å²) in [5.74, 6) is -0.342. The topological polar surface area (TPSA) is 84.9 Å². The first-order chi connectivity index (χ1) is 14.3. The fourth-order valence-corrected chi connectivity index (χ4v) is 4.25. The molecule has 0 bridgehead atoms. The maximum atomic E-state index is 13.4. The van der Waals surface area contributed by atoms with Crippen LogP contribution in [0.4, 0.5) is 10.1 Å². The van der Waals surface area contributed by atoms with Crippen LogP contribution in [0.1, 0.15) is 26.2 Å². The Labute approximate surface area is 176 Å². The minimum absolute atomic E-state index is 0.0803. The second-order valence-electron chi connectivity index (χ2n) is 6.56. The Kier molecular flexibility index (Phi) is 8.46. The van der Waals surface area contributed by atoms with Crippen LogP contribution >= 0.6 is 0 Å². The number of anilines is 1. The highest BCUT2D eigenvalue weighted by atomic mass is 32.2. The molecule has 0 saturated heterocycles. The van der Waals surface area contributed by atoms with E-state index in [9.17, 15) is 17.6 Å². The molecular weight excluding hydrogens is 411 g/mol. The quantitative estimate of drug-likeness (QED) is 0.544. The molecule has 2 aromatic carbocycles. The van der Waals surface area contributed by atoms with Gasteiger partial charge in [-0.3, -0.25) is 9.10 Å². The van der Waals surface area contributed by atoms with Crippen LogP contribution in [0.2, 0.25) is 0 Å². The van der Waals surface area contributed by atoms with Crippen LogP contribution in [0.3, 0.4) is 0 Å². The highest BCUT2D eigenvalue weighted by Crippen LogP contribution is 2.32. The van der Waals surface area contributed by atoms with Crippen molar-refractivity contribution in [3.8, 4) is 11.5 Å². The van der Waals surface area contributed by atoms with Crippen LogP contribution in [0.25, 0.3) is 0 Å². The van der Waals surface area contributed by atoms with Crippen molar-refractivity contribution in [3.05, 3.63) is 48.3 Å². The molecule has 0 aromatic heterocycles. The fourth-order valence-electron chi connectivity index (χ4n) is 2.82. The van der Waals surface area contributed by atoms with Gasteiger partial charge in [0.15, 0.2) is 11.5 Å². The molecule has 1 N–H and O–H groups in total. The van der Waals surface area contributed by atoms with Crippen LogP contribution in [-0.2, 0) is 14.8 Å². The average molecular weight is 439 g/mol. The maximum Gasteiger partial charge on any atom is 0.264 e. The molecule has 2 rings (SSSR count). The van der Waals surface area contributed by atoms with Gasteiger partial charge in [0, 0.05) is 12.6 Å². The maximum absolute atomic E-state index is 13.4. The number of methoxy groups -OCH3 is 2. The van der Waals surface area contributed by atoms with Crippen LogP contribution in [0.15, 0.2) is 47.4 Å². The third-order valence-electron chi connectivity index (χ3n) is 4.45. The molecule has 0 fully saturated rings. The molecule has 1 amide bonds. The average Bonchev–Trinajstić information content (AvgIpc) is 2.75. The predicted molar refractivity (Wildman–Crippen MR) is 113 cm³/mol. The molecule has 0 saturated carbocycles. The Bertz CT molecular complexity index is 948. The van der Waals surface area contributed by atoms with E-state index in [1.54, 1.807) is 0 Å². The van der Waals surface area contributed by atoms with Gasteiger partial charge in [-0.15, -0.1) is 0 Å². The van der Waals surface area contributed by atoms with Gasteiger partial charge < -0.3 is 14.8 Å². The number of halogens is 1. The van der Waals surface area contributed by atoms with Gasteiger partial charge in [-0.1, -0.05) is 19.8 Å². The highest BCUT2D eigenvalue weighted by molar-refractivity contribution is 7.92. The Morgan fingerprint density at radius 1 is 1.03 bits per heavy atom. The Morgan fingerprint density at radius 3 is 2.30 bits per heavy atom. The zero-order valence-corrected chi connectivity index (χ0v) is 18.2. The Hall–Kier alpha value is -2.81. The normalized spacial score (nSPS) is 11.1. The number of hydrogen-bond acceptors (Lipinski definition) is 5. The summed E-state index contributed by atoms with van der Waals surface area (Å²) in [7, 11) is -1.30. The Morgan fingerprint density at radius 2 is 1.70 bits per heavy atom. The molecule has 30 heavy (non-hydrogen) atoms. The van der Waals surface area contributed by atoms with Crippen molar-refractivity contribution >= 4 is 21.6 Å².